The minimum absolute atomic E-state index is 0.357. The minimum Gasteiger partial charge on any atom is -0.455 e. The van der Waals surface area contributed by atoms with Gasteiger partial charge in [0, 0.05) is 38.8 Å². The Bertz CT molecular complexity index is 2820. The summed E-state index contributed by atoms with van der Waals surface area (Å²) in [5.41, 5.74) is 8.10. The van der Waals surface area contributed by atoms with Gasteiger partial charge < -0.3 is 4.42 Å². The van der Waals surface area contributed by atoms with Crippen LogP contribution in [0.4, 0.5) is 0 Å². The molecule has 0 saturated carbocycles. The molecule has 240 valence electrons. The predicted octanol–water partition coefficient (Wildman–Crippen LogP) is 10.3. The van der Waals surface area contributed by atoms with Gasteiger partial charge in [-0.25, -0.2) is 15.0 Å². The van der Waals surface area contributed by atoms with E-state index in [1.54, 1.807) is 0 Å². The summed E-state index contributed by atoms with van der Waals surface area (Å²) in [4.78, 5) is 15.1. The number of hydrogen-bond acceptors (Lipinski definition) is 4. The van der Waals surface area contributed by atoms with E-state index in [0.29, 0.717) is 23.4 Å². The third-order valence-corrected chi connectivity index (χ3v) is 10.1. The number of fused-ring (bicyclic) bond motifs is 6. The van der Waals surface area contributed by atoms with Crippen LogP contribution in [0.3, 0.4) is 0 Å². The zero-order valence-electron chi connectivity index (χ0n) is 27.7. The Morgan fingerprint density at radius 1 is 0.471 bits per heavy atom. The highest BCUT2D eigenvalue weighted by atomic mass is 16.3. The number of benzene rings is 7. The van der Waals surface area contributed by atoms with Gasteiger partial charge in [0.1, 0.15) is 11.2 Å². The summed E-state index contributed by atoms with van der Waals surface area (Å²) >= 11 is 0. The fourth-order valence-corrected chi connectivity index (χ4v) is 7.53. The molecule has 4 nitrogen and oxygen atoms in total. The lowest BCUT2D eigenvalue weighted by Crippen LogP contribution is -2.27. The normalized spacial score (nSPS) is 13.9. The molecule has 7 aromatic carbocycles. The molecule has 9 aromatic rings. The molecule has 51 heavy (non-hydrogen) atoms. The predicted molar refractivity (Wildman–Crippen MR) is 208 cm³/mol. The first-order chi connectivity index (χ1) is 25.3. The zero-order valence-corrected chi connectivity index (χ0v) is 27.7. The van der Waals surface area contributed by atoms with E-state index in [0.717, 1.165) is 61.4 Å². The number of rotatable bonds is 5. The molecule has 0 spiro atoms. The van der Waals surface area contributed by atoms with Crippen LogP contribution in [0.5, 0.6) is 0 Å². The Balaban J connectivity index is 1.16. The quantitative estimate of drug-likeness (QED) is 0.186. The average molecular weight is 654 g/mol. The Hall–Kier alpha value is -6.65. The highest BCUT2D eigenvalue weighted by Gasteiger charge is 2.21. The van der Waals surface area contributed by atoms with Crippen LogP contribution in [0.15, 0.2) is 162 Å². The van der Waals surface area contributed by atoms with Crippen molar-refractivity contribution < 1.29 is 4.42 Å². The number of hydrogen-bond donors (Lipinski definition) is 0. The number of furan rings is 1. The smallest absolute Gasteiger partial charge is 0.164 e. The molecule has 0 bridgehead atoms. The molecule has 0 amide bonds. The maximum absolute atomic E-state index is 6.70. The third-order valence-electron chi connectivity index (χ3n) is 10.1. The van der Waals surface area contributed by atoms with Gasteiger partial charge >= 0.3 is 0 Å². The fourth-order valence-electron chi connectivity index (χ4n) is 7.53. The molecular formula is C47H31N3O. The van der Waals surface area contributed by atoms with E-state index in [9.17, 15) is 0 Å². The van der Waals surface area contributed by atoms with Gasteiger partial charge in [0.2, 0.25) is 0 Å². The second-order valence-corrected chi connectivity index (χ2v) is 13.1. The summed E-state index contributed by atoms with van der Waals surface area (Å²) in [6.45, 7) is 0. The van der Waals surface area contributed by atoms with Crippen molar-refractivity contribution in [3.05, 3.63) is 174 Å². The van der Waals surface area contributed by atoms with E-state index >= 15 is 0 Å². The Kier molecular flexibility index (Phi) is 6.91. The van der Waals surface area contributed by atoms with Crippen molar-refractivity contribution in [1.82, 2.24) is 15.0 Å². The molecule has 2 aromatic heterocycles. The molecule has 0 N–H and O–H groups in total. The van der Waals surface area contributed by atoms with Gasteiger partial charge in [-0.15, -0.1) is 0 Å². The van der Waals surface area contributed by atoms with Crippen LogP contribution in [-0.2, 0) is 0 Å². The number of aromatic nitrogens is 3. The zero-order chi connectivity index (χ0) is 33.7. The molecule has 0 radical (unpaired) electrons. The first-order valence-electron chi connectivity index (χ1n) is 17.4. The van der Waals surface area contributed by atoms with Gasteiger partial charge in [0.05, 0.1) is 0 Å². The second-order valence-electron chi connectivity index (χ2n) is 13.1. The molecule has 0 fully saturated rings. The summed E-state index contributed by atoms with van der Waals surface area (Å²) < 4.78 is 6.70. The monoisotopic (exact) mass is 653 g/mol. The van der Waals surface area contributed by atoms with E-state index in [2.05, 4.69) is 97.1 Å². The van der Waals surface area contributed by atoms with Gasteiger partial charge in [-0.2, -0.15) is 0 Å². The molecule has 1 aliphatic rings. The lowest BCUT2D eigenvalue weighted by atomic mass is 9.88. The van der Waals surface area contributed by atoms with Crippen LogP contribution in [-0.4, -0.2) is 15.0 Å². The molecule has 1 atom stereocenters. The Morgan fingerprint density at radius 2 is 1.10 bits per heavy atom. The van der Waals surface area contributed by atoms with Crippen LogP contribution in [0.1, 0.15) is 17.9 Å². The van der Waals surface area contributed by atoms with Crippen molar-refractivity contribution in [3.8, 4) is 45.3 Å². The van der Waals surface area contributed by atoms with Gasteiger partial charge in [0.25, 0.3) is 0 Å². The van der Waals surface area contributed by atoms with Crippen LogP contribution >= 0.6 is 0 Å². The van der Waals surface area contributed by atoms with Crippen LogP contribution in [0.2, 0.25) is 0 Å². The minimum atomic E-state index is 0.357. The van der Waals surface area contributed by atoms with E-state index in [-0.39, 0.29) is 0 Å². The second kappa shape index (κ2) is 12.0. The molecule has 10 rings (SSSR count). The topological polar surface area (TPSA) is 51.8 Å². The van der Waals surface area contributed by atoms with Crippen molar-refractivity contribution in [2.24, 2.45) is 0 Å². The van der Waals surface area contributed by atoms with Crippen LogP contribution in [0, 0.1) is 0 Å². The van der Waals surface area contributed by atoms with Gasteiger partial charge in [0.15, 0.2) is 17.5 Å². The Morgan fingerprint density at radius 3 is 1.82 bits per heavy atom. The van der Waals surface area contributed by atoms with E-state index in [1.165, 1.54) is 21.6 Å². The lowest BCUT2D eigenvalue weighted by Gasteiger charge is -2.16. The molecular weight excluding hydrogens is 623 g/mol. The highest BCUT2D eigenvalue weighted by molar-refractivity contribution is 6.21. The SMILES string of the molecule is C1=c2ccccc2=CC(c2ccc(-c3cc4c(oc5cccc(-c6nc(-c7ccccc7)nc(-c7ccccc7)n6)c54)c4ccccc34)cc2)C1. The first-order valence-corrected chi connectivity index (χ1v) is 17.4. The molecule has 1 unspecified atom stereocenters. The van der Waals surface area contributed by atoms with Crippen molar-refractivity contribution in [3.63, 3.8) is 0 Å². The summed E-state index contributed by atoms with van der Waals surface area (Å²) in [6, 6.07) is 54.9. The third kappa shape index (κ3) is 5.12. The summed E-state index contributed by atoms with van der Waals surface area (Å²) in [6.07, 6.45) is 5.76. The summed E-state index contributed by atoms with van der Waals surface area (Å²) in [7, 11) is 0. The number of nitrogens with zero attached hydrogens (tertiary/aromatic N) is 3. The maximum Gasteiger partial charge on any atom is 0.164 e. The standard InChI is InChI=1S/C47H31N3O/c1-3-13-33(14-4-1)45-48-46(34-15-5-2-6-16-34)50-47(49-45)39-20-11-21-42-43(39)41-29-40(37-18-9-10-19-38(37)44(41)51-42)32-25-22-31(23-26-32)36-27-24-30-12-7-8-17-35(30)28-36/h1-26,28-29,36H,27H2. The largest absolute Gasteiger partial charge is 0.455 e. The molecule has 0 aliphatic heterocycles. The van der Waals surface area contributed by atoms with Crippen molar-refractivity contribution in [2.75, 3.05) is 0 Å². The fraction of sp³-hybridized carbons (Fsp3) is 0.0426. The van der Waals surface area contributed by atoms with E-state index in [4.69, 9.17) is 19.4 Å². The summed E-state index contributed by atoms with van der Waals surface area (Å²) in [5, 5.41) is 6.89. The van der Waals surface area contributed by atoms with Crippen LogP contribution in [0.25, 0.3) is 90.2 Å². The maximum atomic E-state index is 6.70. The Labute approximate surface area is 294 Å². The molecule has 2 heterocycles. The van der Waals surface area contributed by atoms with Crippen molar-refractivity contribution in [2.45, 2.75) is 12.3 Å². The van der Waals surface area contributed by atoms with Gasteiger partial charge in [-0.1, -0.05) is 158 Å². The highest BCUT2D eigenvalue weighted by Crippen LogP contribution is 2.43. The first kappa shape index (κ1) is 29.3. The van der Waals surface area contributed by atoms with E-state index < -0.39 is 0 Å². The van der Waals surface area contributed by atoms with Gasteiger partial charge in [-0.05, 0) is 51.1 Å². The summed E-state index contributed by atoms with van der Waals surface area (Å²) in [5.74, 6) is 2.23. The van der Waals surface area contributed by atoms with E-state index in [1.807, 2.05) is 72.8 Å². The van der Waals surface area contributed by atoms with Gasteiger partial charge in [-0.3, -0.25) is 0 Å². The molecule has 0 saturated heterocycles. The van der Waals surface area contributed by atoms with Crippen molar-refractivity contribution >= 4 is 44.9 Å². The lowest BCUT2D eigenvalue weighted by molar-refractivity contribution is 0.673. The van der Waals surface area contributed by atoms with Crippen LogP contribution < -0.4 is 10.4 Å². The van der Waals surface area contributed by atoms with Crippen molar-refractivity contribution in [1.29, 1.82) is 0 Å². The molecule has 1 aliphatic carbocycles. The average Bonchev–Trinajstić information content (AvgIpc) is 3.60. The molecule has 4 heteroatoms.